The van der Waals surface area contributed by atoms with Crippen molar-refractivity contribution in [2.24, 2.45) is 0 Å². The molecule has 17 heavy (non-hydrogen) atoms. The van der Waals surface area contributed by atoms with Crippen LogP contribution in [-0.4, -0.2) is 45.1 Å². The summed E-state index contributed by atoms with van der Waals surface area (Å²) in [6.07, 6.45) is 1.63. The third kappa shape index (κ3) is 3.50. The number of rotatable bonds is 6. The van der Waals surface area contributed by atoms with Crippen LogP contribution in [0.4, 0.5) is 0 Å². The van der Waals surface area contributed by atoms with Crippen LogP contribution in [0.2, 0.25) is 0 Å². The SMILES string of the molecule is CCn1cnnc1CNCC(C)(O)C(=O)OC. The molecule has 0 aromatic carbocycles. The van der Waals surface area contributed by atoms with Crippen molar-refractivity contribution in [2.75, 3.05) is 13.7 Å². The molecule has 1 unspecified atom stereocenters. The van der Waals surface area contributed by atoms with Crippen LogP contribution in [0.1, 0.15) is 19.7 Å². The molecule has 0 spiro atoms. The smallest absolute Gasteiger partial charge is 0.338 e. The van der Waals surface area contributed by atoms with Crippen molar-refractivity contribution < 1.29 is 14.6 Å². The third-order valence-electron chi connectivity index (χ3n) is 2.41. The second kappa shape index (κ2) is 5.74. The average Bonchev–Trinajstić information content (AvgIpc) is 2.75. The summed E-state index contributed by atoms with van der Waals surface area (Å²) in [5.41, 5.74) is -1.54. The molecule has 1 aromatic rings. The van der Waals surface area contributed by atoms with Crippen LogP contribution in [0, 0.1) is 0 Å². The van der Waals surface area contributed by atoms with Gasteiger partial charge in [-0.3, -0.25) is 0 Å². The Labute approximate surface area is 99.8 Å². The molecule has 0 bridgehead atoms. The van der Waals surface area contributed by atoms with Gasteiger partial charge in [0.2, 0.25) is 0 Å². The van der Waals surface area contributed by atoms with E-state index in [0.29, 0.717) is 6.54 Å². The molecule has 0 saturated carbocycles. The summed E-state index contributed by atoms with van der Waals surface area (Å²) < 4.78 is 6.36. The van der Waals surface area contributed by atoms with Crippen LogP contribution >= 0.6 is 0 Å². The van der Waals surface area contributed by atoms with Gasteiger partial charge in [-0.2, -0.15) is 0 Å². The number of nitrogens with zero attached hydrogens (tertiary/aromatic N) is 3. The van der Waals surface area contributed by atoms with E-state index < -0.39 is 11.6 Å². The third-order valence-corrected chi connectivity index (χ3v) is 2.41. The van der Waals surface area contributed by atoms with E-state index in [0.717, 1.165) is 12.4 Å². The highest BCUT2D eigenvalue weighted by Crippen LogP contribution is 2.04. The lowest BCUT2D eigenvalue weighted by atomic mass is 10.1. The summed E-state index contributed by atoms with van der Waals surface area (Å²) in [5, 5.41) is 20.4. The molecular weight excluding hydrogens is 224 g/mol. The fourth-order valence-electron chi connectivity index (χ4n) is 1.39. The first kappa shape index (κ1) is 13.6. The number of esters is 1. The quantitative estimate of drug-likeness (QED) is 0.642. The molecule has 7 nitrogen and oxygen atoms in total. The van der Waals surface area contributed by atoms with Crippen molar-refractivity contribution >= 4 is 5.97 Å². The van der Waals surface area contributed by atoms with Crippen molar-refractivity contribution in [3.63, 3.8) is 0 Å². The van der Waals surface area contributed by atoms with Crippen molar-refractivity contribution in [2.45, 2.75) is 32.5 Å². The zero-order valence-electron chi connectivity index (χ0n) is 10.3. The molecule has 0 radical (unpaired) electrons. The number of aliphatic hydroxyl groups is 1. The minimum absolute atomic E-state index is 0.0935. The van der Waals surface area contributed by atoms with Gasteiger partial charge in [0.05, 0.1) is 13.7 Å². The number of hydrogen-bond donors (Lipinski definition) is 2. The summed E-state index contributed by atoms with van der Waals surface area (Å²) in [6.45, 7) is 4.68. The van der Waals surface area contributed by atoms with Crippen LogP contribution in [0.3, 0.4) is 0 Å². The van der Waals surface area contributed by atoms with E-state index in [1.165, 1.54) is 14.0 Å². The molecule has 1 heterocycles. The molecule has 0 fully saturated rings. The zero-order chi connectivity index (χ0) is 12.9. The molecule has 1 aromatic heterocycles. The van der Waals surface area contributed by atoms with Crippen molar-refractivity contribution in [1.82, 2.24) is 20.1 Å². The fraction of sp³-hybridized carbons (Fsp3) is 0.700. The van der Waals surface area contributed by atoms with Crippen LogP contribution in [0.25, 0.3) is 0 Å². The van der Waals surface area contributed by atoms with E-state index in [-0.39, 0.29) is 6.54 Å². The fourth-order valence-corrected chi connectivity index (χ4v) is 1.39. The number of aryl methyl sites for hydroxylation is 1. The molecule has 0 aliphatic carbocycles. The van der Waals surface area contributed by atoms with Crippen molar-refractivity contribution in [3.05, 3.63) is 12.2 Å². The number of carbonyl (C=O) groups excluding carboxylic acids is 1. The van der Waals surface area contributed by atoms with E-state index in [1.54, 1.807) is 6.33 Å². The highest BCUT2D eigenvalue weighted by atomic mass is 16.5. The first-order valence-corrected chi connectivity index (χ1v) is 5.39. The predicted octanol–water partition coefficient (Wildman–Crippen LogP) is -0.688. The normalized spacial score (nSPS) is 14.4. The van der Waals surface area contributed by atoms with E-state index in [2.05, 4.69) is 20.3 Å². The van der Waals surface area contributed by atoms with Gasteiger partial charge in [0.15, 0.2) is 5.60 Å². The first-order chi connectivity index (χ1) is 8.01. The van der Waals surface area contributed by atoms with E-state index in [4.69, 9.17) is 0 Å². The van der Waals surface area contributed by atoms with Gasteiger partial charge in [-0.1, -0.05) is 0 Å². The molecule has 0 aliphatic heterocycles. The maximum atomic E-state index is 11.2. The molecule has 96 valence electrons. The zero-order valence-corrected chi connectivity index (χ0v) is 10.3. The summed E-state index contributed by atoms with van der Waals surface area (Å²) in [7, 11) is 1.24. The van der Waals surface area contributed by atoms with Gasteiger partial charge in [-0.25, -0.2) is 4.79 Å². The molecule has 0 saturated heterocycles. The lowest BCUT2D eigenvalue weighted by molar-refractivity contribution is -0.159. The van der Waals surface area contributed by atoms with Gasteiger partial charge in [0.25, 0.3) is 0 Å². The summed E-state index contributed by atoms with van der Waals surface area (Å²) in [6, 6.07) is 0. The maximum Gasteiger partial charge on any atom is 0.338 e. The second-order valence-corrected chi connectivity index (χ2v) is 3.90. The maximum absolute atomic E-state index is 11.2. The number of ether oxygens (including phenoxy) is 1. The number of carbonyl (C=O) groups is 1. The van der Waals surface area contributed by atoms with Crippen LogP contribution < -0.4 is 5.32 Å². The van der Waals surface area contributed by atoms with Gasteiger partial charge in [-0.05, 0) is 13.8 Å². The Balaban J connectivity index is 2.45. The van der Waals surface area contributed by atoms with E-state index in [9.17, 15) is 9.90 Å². The minimum atomic E-state index is -1.54. The molecule has 1 atom stereocenters. The highest BCUT2D eigenvalue weighted by molar-refractivity contribution is 5.78. The monoisotopic (exact) mass is 242 g/mol. The number of aromatic nitrogens is 3. The average molecular weight is 242 g/mol. The Hall–Kier alpha value is -1.47. The molecule has 0 aliphatic rings. The number of nitrogens with one attached hydrogen (secondary N) is 1. The van der Waals surface area contributed by atoms with Crippen molar-refractivity contribution in [3.8, 4) is 0 Å². The van der Waals surface area contributed by atoms with E-state index in [1.807, 2.05) is 11.5 Å². The molecule has 1 rings (SSSR count). The lowest BCUT2D eigenvalue weighted by Gasteiger charge is -2.20. The van der Waals surface area contributed by atoms with Crippen LogP contribution in [0.5, 0.6) is 0 Å². The second-order valence-electron chi connectivity index (χ2n) is 3.90. The van der Waals surface area contributed by atoms with Gasteiger partial charge >= 0.3 is 5.97 Å². The summed E-state index contributed by atoms with van der Waals surface area (Å²) >= 11 is 0. The van der Waals surface area contributed by atoms with Gasteiger partial charge < -0.3 is 19.7 Å². The van der Waals surface area contributed by atoms with Gasteiger partial charge in [0.1, 0.15) is 12.2 Å². The Morgan fingerprint density at radius 3 is 3.00 bits per heavy atom. The topological polar surface area (TPSA) is 89.3 Å². The number of methoxy groups -OCH3 is 1. The van der Waals surface area contributed by atoms with Crippen LogP contribution in [0.15, 0.2) is 6.33 Å². The van der Waals surface area contributed by atoms with Gasteiger partial charge in [0, 0.05) is 13.1 Å². The highest BCUT2D eigenvalue weighted by Gasteiger charge is 2.30. The van der Waals surface area contributed by atoms with Gasteiger partial charge in [-0.15, -0.1) is 10.2 Å². The van der Waals surface area contributed by atoms with E-state index >= 15 is 0 Å². The Morgan fingerprint density at radius 2 is 2.41 bits per heavy atom. The first-order valence-electron chi connectivity index (χ1n) is 5.39. The Morgan fingerprint density at radius 1 is 1.71 bits per heavy atom. The lowest BCUT2D eigenvalue weighted by Crippen LogP contribution is -2.45. The molecule has 7 heteroatoms. The number of hydrogen-bond acceptors (Lipinski definition) is 6. The summed E-state index contributed by atoms with van der Waals surface area (Å²) in [4.78, 5) is 11.2. The largest absolute Gasteiger partial charge is 0.467 e. The Bertz CT molecular complexity index is 375. The standard InChI is InChI=1S/C10H18N4O3/c1-4-14-7-12-13-8(14)5-11-6-10(2,16)9(15)17-3/h7,11,16H,4-6H2,1-3H3. The van der Waals surface area contributed by atoms with Crippen LogP contribution in [-0.2, 0) is 22.6 Å². The molecule has 2 N–H and O–H groups in total. The minimum Gasteiger partial charge on any atom is -0.467 e. The Kier molecular flexibility index (Phi) is 4.59. The molecular formula is C10H18N4O3. The summed E-state index contributed by atoms with van der Waals surface area (Å²) in [5.74, 6) is 0.0927. The predicted molar refractivity (Wildman–Crippen MR) is 60.0 cm³/mol. The van der Waals surface area contributed by atoms with Crippen molar-refractivity contribution in [1.29, 1.82) is 0 Å². The molecule has 0 amide bonds.